The Morgan fingerprint density at radius 2 is 1.83 bits per heavy atom. The molecular formula is C21H17F3N4O2. The topological polar surface area (TPSA) is 69.6 Å². The van der Waals surface area contributed by atoms with Gasteiger partial charge in [-0.2, -0.15) is 0 Å². The summed E-state index contributed by atoms with van der Waals surface area (Å²) in [6.07, 6.45) is 2.43. The number of carbonyl (C=O) groups excluding carboxylic acids is 1. The molecule has 1 saturated heterocycles. The Labute approximate surface area is 169 Å². The van der Waals surface area contributed by atoms with E-state index in [0.717, 1.165) is 12.1 Å². The molecule has 2 heterocycles. The number of halogens is 3. The van der Waals surface area contributed by atoms with Gasteiger partial charge in [0.05, 0.1) is 5.56 Å². The van der Waals surface area contributed by atoms with Crippen molar-refractivity contribution in [1.82, 2.24) is 14.9 Å². The Balaban J connectivity index is 1.77. The van der Waals surface area contributed by atoms with Crippen LogP contribution in [0.1, 0.15) is 0 Å². The molecule has 30 heavy (non-hydrogen) atoms. The molecule has 6 nitrogen and oxygen atoms in total. The van der Waals surface area contributed by atoms with Gasteiger partial charge < -0.3 is 14.9 Å². The van der Waals surface area contributed by atoms with Crippen molar-refractivity contribution in [2.45, 2.75) is 0 Å². The number of phenolic OH excluding ortho intramolecular Hbond substituents is 1. The molecule has 0 unspecified atom stereocenters. The minimum atomic E-state index is -0.999. The first-order valence-corrected chi connectivity index (χ1v) is 9.18. The molecular weight excluding hydrogens is 397 g/mol. The molecule has 1 aliphatic heterocycles. The van der Waals surface area contributed by atoms with Gasteiger partial charge >= 0.3 is 0 Å². The summed E-state index contributed by atoms with van der Waals surface area (Å²) in [5.74, 6) is -3.03. The molecule has 4 rings (SSSR count). The van der Waals surface area contributed by atoms with Crippen molar-refractivity contribution in [2.75, 3.05) is 31.1 Å². The van der Waals surface area contributed by atoms with E-state index in [2.05, 4.69) is 16.5 Å². The third kappa shape index (κ3) is 3.32. The van der Waals surface area contributed by atoms with Gasteiger partial charge in [0, 0.05) is 43.2 Å². The number of hydrogen-bond acceptors (Lipinski definition) is 5. The molecule has 0 saturated carbocycles. The molecule has 2 aromatic carbocycles. The number of amides is 1. The molecule has 9 heteroatoms. The molecule has 154 valence electrons. The number of nitrogens with zero attached hydrogens (tertiary/aromatic N) is 4. The van der Waals surface area contributed by atoms with Gasteiger partial charge in [-0.05, 0) is 24.3 Å². The molecule has 0 radical (unpaired) electrons. The molecule has 0 atom stereocenters. The zero-order valence-electron chi connectivity index (χ0n) is 15.8. The van der Waals surface area contributed by atoms with Crippen molar-refractivity contribution in [1.29, 1.82) is 0 Å². The second-order valence-corrected chi connectivity index (χ2v) is 6.82. The molecule has 1 N–H and O–H groups in total. The molecule has 3 aromatic rings. The van der Waals surface area contributed by atoms with Crippen LogP contribution < -0.4 is 4.90 Å². The predicted octanol–water partition coefficient (Wildman–Crippen LogP) is 3.25. The van der Waals surface area contributed by atoms with Crippen molar-refractivity contribution in [2.24, 2.45) is 0 Å². The van der Waals surface area contributed by atoms with Gasteiger partial charge in [0.15, 0.2) is 5.82 Å². The van der Waals surface area contributed by atoms with E-state index in [0.29, 0.717) is 38.1 Å². The minimum Gasteiger partial charge on any atom is -0.507 e. The number of anilines is 1. The maximum atomic E-state index is 15.3. The second-order valence-electron chi connectivity index (χ2n) is 6.82. The van der Waals surface area contributed by atoms with E-state index in [-0.39, 0.29) is 22.4 Å². The SMILES string of the molecule is C=CC(=O)N1CCN(c2ncnc3c(F)c(-c4ccc(F)cc4F)c(O)cc23)CC1. The van der Waals surface area contributed by atoms with Crippen LogP contribution in [0.15, 0.2) is 43.2 Å². The summed E-state index contributed by atoms with van der Waals surface area (Å²) >= 11 is 0. The highest BCUT2D eigenvalue weighted by Gasteiger charge is 2.25. The largest absolute Gasteiger partial charge is 0.507 e. The van der Waals surface area contributed by atoms with E-state index < -0.39 is 28.8 Å². The quantitative estimate of drug-likeness (QED) is 0.667. The van der Waals surface area contributed by atoms with E-state index in [9.17, 15) is 18.7 Å². The third-order valence-corrected chi connectivity index (χ3v) is 5.09. The number of rotatable bonds is 3. The van der Waals surface area contributed by atoms with Gasteiger partial charge in [-0.3, -0.25) is 4.79 Å². The number of piperazine rings is 1. The Bertz CT molecular complexity index is 1160. The minimum absolute atomic E-state index is 0.0962. The first kappa shape index (κ1) is 19.7. The molecule has 1 aliphatic rings. The lowest BCUT2D eigenvalue weighted by Crippen LogP contribution is -2.48. The number of fused-ring (bicyclic) bond motifs is 1. The van der Waals surface area contributed by atoms with Crippen LogP contribution in [0.5, 0.6) is 5.75 Å². The Morgan fingerprint density at radius 1 is 1.10 bits per heavy atom. The molecule has 0 bridgehead atoms. The Hall–Kier alpha value is -3.62. The molecule has 1 fully saturated rings. The van der Waals surface area contributed by atoms with Crippen LogP contribution in [0, 0.1) is 17.5 Å². The smallest absolute Gasteiger partial charge is 0.246 e. The van der Waals surface area contributed by atoms with Crippen LogP contribution in [0.3, 0.4) is 0 Å². The fraction of sp³-hybridized carbons (Fsp3) is 0.190. The first-order valence-electron chi connectivity index (χ1n) is 9.18. The Kier molecular flexibility index (Phi) is 5.03. The van der Waals surface area contributed by atoms with Crippen molar-refractivity contribution in [3.05, 3.63) is 60.7 Å². The lowest BCUT2D eigenvalue weighted by atomic mass is 10.0. The maximum Gasteiger partial charge on any atom is 0.246 e. The third-order valence-electron chi connectivity index (χ3n) is 5.09. The highest BCUT2D eigenvalue weighted by molar-refractivity contribution is 5.95. The highest BCUT2D eigenvalue weighted by Crippen LogP contribution is 2.39. The number of aromatic hydroxyl groups is 1. The van der Waals surface area contributed by atoms with Crippen molar-refractivity contribution in [3.8, 4) is 16.9 Å². The van der Waals surface area contributed by atoms with Crippen molar-refractivity contribution < 1.29 is 23.1 Å². The van der Waals surface area contributed by atoms with Crippen LogP contribution in [0.25, 0.3) is 22.0 Å². The van der Waals surface area contributed by atoms with Crippen molar-refractivity contribution in [3.63, 3.8) is 0 Å². The van der Waals surface area contributed by atoms with Crippen LogP contribution in [-0.2, 0) is 4.79 Å². The lowest BCUT2D eigenvalue weighted by Gasteiger charge is -2.35. The summed E-state index contributed by atoms with van der Waals surface area (Å²) in [5.41, 5.74) is -0.766. The van der Waals surface area contributed by atoms with Crippen LogP contribution in [0.2, 0.25) is 0 Å². The number of benzene rings is 2. The number of carbonyl (C=O) groups is 1. The summed E-state index contributed by atoms with van der Waals surface area (Å²) in [6.45, 7) is 5.24. The fourth-order valence-corrected chi connectivity index (χ4v) is 3.60. The summed E-state index contributed by atoms with van der Waals surface area (Å²) in [4.78, 5) is 23.4. The van der Waals surface area contributed by atoms with E-state index in [1.165, 1.54) is 18.5 Å². The maximum absolute atomic E-state index is 15.3. The van der Waals surface area contributed by atoms with Crippen LogP contribution in [-0.4, -0.2) is 52.1 Å². The second kappa shape index (κ2) is 7.66. The summed E-state index contributed by atoms with van der Waals surface area (Å²) in [6, 6.07) is 3.94. The molecule has 0 spiro atoms. The summed E-state index contributed by atoms with van der Waals surface area (Å²) < 4.78 is 42.7. The average molecular weight is 414 g/mol. The zero-order chi connectivity index (χ0) is 21.4. The van der Waals surface area contributed by atoms with Gasteiger partial charge in [-0.25, -0.2) is 23.1 Å². The normalized spacial score (nSPS) is 14.2. The van der Waals surface area contributed by atoms with Gasteiger partial charge in [-0.15, -0.1) is 0 Å². The average Bonchev–Trinajstić information content (AvgIpc) is 2.74. The number of aromatic nitrogens is 2. The van der Waals surface area contributed by atoms with E-state index in [1.807, 2.05) is 4.90 Å². The number of phenols is 1. The van der Waals surface area contributed by atoms with Crippen LogP contribution in [0.4, 0.5) is 19.0 Å². The molecule has 0 aliphatic carbocycles. The monoisotopic (exact) mass is 414 g/mol. The molecule has 1 amide bonds. The lowest BCUT2D eigenvalue weighted by molar-refractivity contribution is -0.126. The highest BCUT2D eigenvalue weighted by atomic mass is 19.1. The summed E-state index contributed by atoms with van der Waals surface area (Å²) in [5, 5.41) is 10.7. The van der Waals surface area contributed by atoms with Gasteiger partial charge in [0.2, 0.25) is 5.91 Å². The van der Waals surface area contributed by atoms with Gasteiger partial charge in [0.25, 0.3) is 0 Å². The molecule has 1 aromatic heterocycles. The Morgan fingerprint density at radius 3 is 2.50 bits per heavy atom. The van der Waals surface area contributed by atoms with E-state index in [1.54, 1.807) is 4.90 Å². The van der Waals surface area contributed by atoms with E-state index in [4.69, 9.17) is 0 Å². The standard InChI is InChI=1S/C21H17F3N4O2/c1-2-17(30)27-5-7-28(8-6-27)21-14-10-16(29)18(19(24)20(14)25-11-26-21)13-4-3-12(22)9-15(13)23/h2-4,9-11,29H,1,5-8H2. The van der Waals surface area contributed by atoms with Gasteiger partial charge in [-0.1, -0.05) is 6.58 Å². The van der Waals surface area contributed by atoms with Crippen molar-refractivity contribution >= 4 is 22.6 Å². The van der Waals surface area contributed by atoms with Crippen LogP contribution >= 0.6 is 0 Å². The van der Waals surface area contributed by atoms with Gasteiger partial charge in [0.1, 0.15) is 35.0 Å². The zero-order valence-corrected chi connectivity index (χ0v) is 15.8. The summed E-state index contributed by atoms with van der Waals surface area (Å²) in [7, 11) is 0. The fourth-order valence-electron chi connectivity index (χ4n) is 3.60. The predicted molar refractivity (Wildman–Crippen MR) is 106 cm³/mol. The number of hydrogen-bond donors (Lipinski definition) is 1. The first-order chi connectivity index (χ1) is 14.4. The van der Waals surface area contributed by atoms with E-state index >= 15 is 4.39 Å².